The van der Waals surface area contributed by atoms with Gasteiger partial charge in [0.1, 0.15) is 5.01 Å². The topological polar surface area (TPSA) is 38.9 Å². The molecule has 1 fully saturated rings. The van der Waals surface area contributed by atoms with Crippen molar-refractivity contribution in [2.75, 3.05) is 5.75 Å². The second-order valence-corrected chi connectivity index (χ2v) is 6.62. The predicted molar refractivity (Wildman–Crippen MR) is 64.0 cm³/mol. The molecule has 0 bridgehead atoms. The van der Waals surface area contributed by atoms with E-state index in [1.165, 1.54) is 4.88 Å². The third-order valence-electron chi connectivity index (χ3n) is 3.04. The molecule has 1 aromatic heterocycles. The van der Waals surface area contributed by atoms with Gasteiger partial charge in [-0.25, -0.2) is 4.98 Å². The van der Waals surface area contributed by atoms with Crippen LogP contribution in [0, 0.1) is 13.8 Å². The van der Waals surface area contributed by atoms with Crippen LogP contribution >= 0.6 is 23.1 Å². The van der Waals surface area contributed by atoms with E-state index in [9.17, 15) is 0 Å². The van der Waals surface area contributed by atoms with E-state index in [0.717, 1.165) is 22.9 Å². The van der Waals surface area contributed by atoms with Gasteiger partial charge in [0.15, 0.2) is 0 Å². The molecule has 14 heavy (non-hydrogen) atoms. The van der Waals surface area contributed by atoms with E-state index in [0.29, 0.717) is 5.25 Å². The molecule has 2 unspecified atom stereocenters. The third kappa shape index (κ3) is 1.49. The van der Waals surface area contributed by atoms with Crippen LogP contribution in [0.15, 0.2) is 0 Å². The van der Waals surface area contributed by atoms with Crippen LogP contribution in [0.25, 0.3) is 0 Å². The van der Waals surface area contributed by atoms with E-state index >= 15 is 0 Å². The van der Waals surface area contributed by atoms with E-state index in [4.69, 9.17) is 5.73 Å². The molecule has 1 saturated heterocycles. The second-order valence-electron chi connectivity index (χ2n) is 3.96. The molecular weight excluding hydrogens is 212 g/mol. The smallest absolute Gasteiger partial charge is 0.114 e. The van der Waals surface area contributed by atoms with Gasteiger partial charge < -0.3 is 5.73 Å². The summed E-state index contributed by atoms with van der Waals surface area (Å²) in [6.45, 7) is 6.39. The van der Waals surface area contributed by atoms with Gasteiger partial charge in [-0.3, -0.25) is 0 Å². The molecule has 4 heteroatoms. The first kappa shape index (κ1) is 10.5. The Morgan fingerprint density at radius 2 is 2.21 bits per heavy atom. The molecule has 0 saturated carbocycles. The molecule has 2 heterocycles. The Labute approximate surface area is 93.3 Å². The zero-order valence-electron chi connectivity index (χ0n) is 8.83. The lowest BCUT2D eigenvalue weighted by molar-refractivity contribution is 0.445. The predicted octanol–water partition coefficient (Wildman–Crippen LogP) is 2.44. The van der Waals surface area contributed by atoms with Crippen LogP contribution in [0.3, 0.4) is 0 Å². The minimum Gasteiger partial charge on any atom is -0.318 e. The molecule has 2 rings (SSSR count). The first-order valence-corrected chi connectivity index (χ1v) is 6.75. The number of thioether (sulfide) groups is 1. The van der Waals surface area contributed by atoms with Crippen LogP contribution in [0.1, 0.15) is 28.9 Å². The monoisotopic (exact) mass is 228 g/mol. The van der Waals surface area contributed by atoms with E-state index < -0.39 is 0 Å². The van der Waals surface area contributed by atoms with Crippen LogP contribution in [0.2, 0.25) is 0 Å². The number of aryl methyl sites for hydroxylation is 2. The third-order valence-corrected chi connectivity index (χ3v) is 5.66. The number of hydrogen-bond donors (Lipinski definition) is 1. The first-order valence-electron chi connectivity index (χ1n) is 4.89. The van der Waals surface area contributed by atoms with Crippen LogP contribution in [-0.2, 0) is 5.54 Å². The second kappa shape index (κ2) is 3.51. The molecule has 2 nitrogen and oxygen atoms in total. The fourth-order valence-electron chi connectivity index (χ4n) is 1.71. The molecule has 0 aliphatic carbocycles. The number of hydrogen-bond acceptors (Lipinski definition) is 4. The van der Waals surface area contributed by atoms with Crippen LogP contribution in [0.5, 0.6) is 0 Å². The molecule has 1 aliphatic rings. The summed E-state index contributed by atoms with van der Waals surface area (Å²) in [6.07, 6.45) is 1.06. The zero-order chi connectivity index (χ0) is 10.3. The van der Waals surface area contributed by atoms with Gasteiger partial charge in [0.05, 0.1) is 11.2 Å². The number of thiazole rings is 1. The van der Waals surface area contributed by atoms with E-state index in [1.54, 1.807) is 11.3 Å². The highest BCUT2D eigenvalue weighted by Gasteiger charge is 2.41. The summed E-state index contributed by atoms with van der Waals surface area (Å²) in [5.41, 5.74) is 7.40. The lowest BCUT2D eigenvalue weighted by atomic mass is 9.95. The Bertz CT molecular complexity index is 328. The summed E-state index contributed by atoms with van der Waals surface area (Å²) in [4.78, 5) is 5.89. The van der Waals surface area contributed by atoms with Crippen molar-refractivity contribution >= 4 is 23.1 Å². The Balaban J connectivity index is 2.38. The van der Waals surface area contributed by atoms with Crippen molar-refractivity contribution in [2.45, 2.75) is 38.0 Å². The number of nitrogens with two attached hydrogens (primary N) is 1. The van der Waals surface area contributed by atoms with Crippen LogP contribution in [-0.4, -0.2) is 16.0 Å². The van der Waals surface area contributed by atoms with Crippen molar-refractivity contribution in [1.29, 1.82) is 0 Å². The van der Waals surface area contributed by atoms with Gasteiger partial charge in [-0.15, -0.1) is 11.3 Å². The standard InChI is InChI=1S/C10H16N2S2/c1-6-7(2)14-9(12-6)10(11)4-5-13-8(10)3/h8H,4-5,11H2,1-3H3. The van der Waals surface area contributed by atoms with Gasteiger partial charge in [0, 0.05) is 10.1 Å². The van der Waals surface area contributed by atoms with Gasteiger partial charge in [-0.2, -0.15) is 11.8 Å². The largest absolute Gasteiger partial charge is 0.318 e. The average molecular weight is 228 g/mol. The van der Waals surface area contributed by atoms with Crippen molar-refractivity contribution in [2.24, 2.45) is 5.73 Å². The molecule has 0 spiro atoms. The average Bonchev–Trinajstić information content (AvgIpc) is 2.61. The molecule has 1 aliphatic heterocycles. The Hall–Kier alpha value is -0.0600. The van der Waals surface area contributed by atoms with Gasteiger partial charge >= 0.3 is 0 Å². The van der Waals surface area contributed by atoms with Gasteiger partial charge in [0.25, 0.3) is 0 Å². The fraction of sp³-hybridized carbons (Fsp3) is 0.700. The molecule has 0 radical (unpaired) electrons. The highest BCUT2D eigenvalue weighted by atomic mass is 32.2. The minimum atomic E-state index is -0.172. The van der Waals surface area contributed by atoms with Crippen LogP contribution in [0.4, 0.5) is 0 Å². The van der Waals surface area contributed by atoms with E-state index in [2.05, 4.69) is 25.8 Å². The minimum absolute atomic E-state index is 0.172. The fourth-order valence-corrected chi connectivity index (χ4v) is 4.25. The Morgan fingerprint density at radius 3 is 2.64 bits per heavy atom. The van der Waals surface area contributed by atoms with Crippen molar-refractivity contribution in [3.05, 3.63) is 15.6 Å². The summed E-state index contributed by atoms with van der Waals surface area (Å²) >= 11 is 3.72. The lowest BCUT2D eigenvalue weighted by Crippen LogP contribution is -2.41. The van der Waals surface area contributed by atoms with Gasteiger partial charge in [0.2, 0.25) is 0 Å². The summed E-state index contributed by atoms with van der Waals surface area (Å²) in [5.74, 6) is 1.16. The molecule has 1 aromatic rings. The van der Waals surface area contributed by atoms with Gasteiger partial charge in [-0.05, 0) is 26.0 Å². The summed E-state index contributed by atoms with van der Waals surface area (Å²) in [5, 5.41) is 1.62. The highest BCUT2D eigenvalue weighted by molar-refractivity contribution is 8.00. The molecular formula is C10H16N2S2. The van der Waals surface area contributed by atoms with Crippen molar-refractivity contribution in [3.8, 4) is 0 Å². The maximum atomic E-state index is 6.43. The normalized spacial score (nSPS) is 32.4. The van der Waals surface area contributed by atoms with Crippen molar-refractivity contribution in [1.82, 2.24) is 4.98 Å². The number of rotatable bonds is 1. The SMILES string of the molecule is Cc1nc(C2(N)CCSC2C)sc1C. The zero-order valence-corrected chi connectivity index (χ0v) is 10.5. The first-order chi connectivity index (χ1) is 6.54. The van der Waals surface area contributed by atoms with Crippen LogP contribution < -0.4 is 5.73 Å². The van der Waals surface area contributed by atoms with E-state index in [1.807, 2.05) is 11.8 Å². The molecule has 2 atom stereocenters. The lowest BCUT2D eigenvalue weighted by Gasteiger charge is -2.25. The Morgan fingerprint density at radius 1 is 1.50 bits per heavy atom. The van der Waals surface area contributed by atoms with Crippen molar-refractivity contribution < 1.29 is 0 Å². The van der Waals surface area contributed by atoms with Gasteiger partial charge in [-0.1, -0.05) is 6.92 Å². The highest BCUT2D eigenvalue weighted by Crippen LogP contribution is 2.42. The number of nitrogens with zero attached hydrogens (tertiary/aromatic N) is 1. The molecule has 0 aromatic carbocycles. The molecule has 2 N–H and O–H groups in total. The van der Waals surface area contributed by atoms with Crippen molar-refractivity contribution in [3.63, 3.8) is 0 Å². The summed E-state index contributed by atoms with van der Waals surface area (Å²) in [6, 6.07) is 0. The summed E-state index contributed by atoms with van der Waals surface area (Å²) < 4.78 is 0. The molecule has 0 amide bonds. The maximum Gasteiger partial charge on any atom is 0.114 e. The number of aromatic nitrogens is 1. The molecule has 78 valence electrons. The van der Waals surface area contributed by atoms with E-state index in [-0.39, 0.29) is 5.54 Å². The quantitative estimate of drug-likeness (QED) is 0.802. The summed E-state index contributed by atoms with van der Waals surface area (Å²) in [7, 11) is 0. The Kier molecular flexibility index (Phi) is 2.62. The maximum absolute atomic E-state index is 6.43.